The van der Waals surface area contributed by atoms with Crippen LogP contribution in [0.3, 0.4) is 0 Å². The summed E-state index contributed by atoms with van der Waals surface area (Å²) in [6.07, 6.45) is 6.63. The Morgan fingerprint density at radius 2 is 2.39 bits per heavy atom. The highest BCUT2D eigenvalue weighted by Gasteiger charge is 2.18. The molecule has 0 spiro atoms. The van der Waals surface area contributed by atoms with Crippen molar-refractivity contribution in [3.05, 3.63) is 23.5 Å². The Morgan fingerprint density at radius 1 is 1.56 bits per heavy atom. The summed E-state index contributed by atoms with van der Waals surface area (Å²) in [5.74, 6) is 0.0876. The van der Waals surface area contributed by atoms with Gasteiger partial charge in [-0.05, 0) is 38.7 Å². The van der Waals surface area contributed by atoms with Gasteiger partial charge in [-0.2, -0.15) is 0 Å². The molecule has 1 unspecified atom stereocenters. The molecule has 1 aliphatic rings. The Labute approximate surface area is 108 Å². The minimum atomic E-state index is 0.0876. The molecule has 1 aromatic heterocycles. The van der Waals surface area contributed by atoms with E-state index in [0.717, 1.165) is 37.3 Å². The Morgan fingerprint density at radius 3 is 3.00 bits per heavy atom. The third kappa shape index (κ3) is 3.13. The number of ether oxygens (including phenoxy) is 1. The van der Waals surface area contributed by atoms with Crippen molar-refractivity contribution >= 4 is 5.91 Å². The molecule has 1 aromatic rings. The highest BCUT2D eigenvalue weighted by atomic mass is 16.5. The van der Waals surface area contributed by atoms with E-state index in [2.05, 4.69) is 4.98 Å². The lowest BCUT2D eigenvalue weighted by atomic mass is 10.1. The minimum absolute atomic E-state index is 0.0876. The van der Waals surface area contributed by atoms with E-state index in [4.69, 9.17) is 4.74 Å². The number of hydrogen-bond acceptors (Lipinski definition) is 2. The van der Waals surface area contributed by atoms with Crippen LogP contribution in [0.15, 0.2) is 12.3 Å². The number of carbonyl (C=O) groups is 1. The van der Waals surface area contributed by atoms with Gasteiger partial charge in [0.25, 0.3) is 5.91 Å². The van der Waals surface area contributed by atoms with Crippen LogP contribution in [-0.2, 0) is 4.74 Å². The van der Waals surface area contributed by atoms with E-state index >= 15 is 0 Å². The zero-order chi connectivity index (χ0) is 13.0. The zero-order valence-electron chi connectivity index (χ0n) is 11.2. The van der Waals surface area contributed by atoms with Gasteiger partial charge in [0.05, 0.1) is 11.7 Å². The lowest BCUT2D eigenvalue weighted by molar-refractivity contribution is 0.00709. The second-order valence-corrected chi connectivity index (χ2v) is 5.02. The Bertz CT molecular complexity index is 394. The molecule has 0 radical (unpaired) electrons. The van der Waals surface area contributed by atoms with Crippen molar-refractivity contribution in [3.63, 3.8) is 0 Å². The van der Waals surface area contributed by atoms with Crippen LogP contribution in [-0.4, -0.2) is 42.1 Å². The normalized spacial score (nSPS) is 19.8. The molecule has 1 saturated heterocycles. The third-order valence-corrected chi connectivity index (χ3v) is 3.59. The summed E-state index contributed by atoms with van der Waals surface area (Å²) in [7, 11) is 1.86. The van der Waals surface area contributed by atoms with Gasteiger partial charge in [0.1, 0.15) is 0 Å². The van der Waals surface area contributed by atoms with Crippen LogP contribution in [0.1, 0.15) is 41.7 Å². The molecule has 4 nitrogen and oxygen atoms in total. The average molecular weight is 250 g/mol. The SMILES string of the molecule is Cc1[nH]ccc1C(=O)N(C)CCC1CCCCO1. The maximum absolute atomic E-state index is 12.2. The van der Waals surface area contributed by atoms with Crippen molar-refractivity contribution in [1.29, 1.82) is 0 Å². The molecule has 2 rings (SSSR count). The standard InChI is InChI=1S/C14H22N2O2/c1-11-13(6-8-15-11)14(17)16(2)9-7-12-5-3-4-10-18-12/h6,8,12,15H,3-5,7,9-10H2,1-2H3. The van der Waals surface area contributed by atoms with Crippen LogP contribution < -0.4 is 0 Å². The van der Waals surface area contributed by atoms with Gasteiger partial charge < -0.3 is 14.6 Å². The number of aromatic amines is 1. The molecule has 4 heteroatoms. The molecule has 1 atom stereocenters. The number of H-pyrrole nitrogens is 1. The van der Waals surface area contributed by atoms with Crippen molar-refractivity contribution in [2.45, 2.75) is 38.7 Å². The molecule has 1 amide bonds. The fourth-order valence-corrected chi connectivity index (χ4v) is 2.36. The summed E-state index contributed by atoms with van der Waals surface area (Å²) in [5, 5.41) is 0. The van der Waals surface area contributed by atoms with Gasteiger partial charge >= 0.3 is 0 Å². The number of aryl methyl sites for hydroxylation is 1. The number of nitrogens with zero attached hydrogens (tertiary/aromatic N) is 1. The predicted molar refractivity (Wildman–Crippen MR) is 70.7 cm³/mol. The summed E-state index contributed by atoms with van der Waals surface area (Å²) < 4.78 is 5.68. The van der Waals surface area contributed by atoms with Gasteiger partial charge in [-0.15, -0.1) is 0 Å². The number of hydrogen-bond donors (Lipinski definition) is 1. The van der Waals surface area contributed by atoms with Crippen molar-refractivity contribution in [3.8, 4) is 0 Å². The van der Waals surface area contributed by atoms with Gasteiger partial charge in [0, 0.05) is 32.1 Å². The van der Waals surface area contributed by atoms with Gasteiger partial charge in [0.15, 0.2) is 0 Å². The Kier molecular flexibility index (Phi) is 4.42. The molecule has 18 heavy (non-hydrogen) atoms. The van der Waals surface area contributed by atoms with Crippen LogP contribution >= 0.6 is 0 Å². The van der Waals surface area contributed by atoms with E-state index in [1.54, 1.807) is 11.1 Å². The largest absolute Gasteiger partial charge is 0.378 e. The van der Waals surface area contributed by atoms with Crippen LogP contribution in [0.2, 0.25) is 0 Å². The first-order valence-electron chi connectivity index (χ1n) is 6.69. The first-order valence-corrected chi connectivity index (χ1v) is 6.69. The van der Waals surface area contributed by atoms with E-state index in [9.17, 15) is 4.79 Å². The molecule has 0 bridgehead atoms. The number of rotatable bonds is 4. The van der Waals surface area contributed by atoms with E-state index in [1.165, 1.54) is 12.8 Å². The topological polar surface area (TPSA) is 45.3 Å². The molecular weight excluding hydrogens is 228 g/mol. The fraction of sp³-hybridized carbons (Fsp3) is 0.643. The molecular formula is C14H22N2O2. The quantitative estimate of drug-likeness (QED) is 0.891. The molecule has 1 fully saturated rings. The van der Waals surface area contributed by atoms with Gasteiger partial charge in [-0.1, -0.05) is 0 Å². The molecule has 0 saturated carbocycles. The maximum Gasteiger partial charge on any atom is 0.255 e. The highest BCUT2D eigenvalue weighted by molar-refractivity contribution is 5.95. The molecule has 100 valence electrons. The minimum Gasteiger partial charge on any atom is -0.378 e. The van der Waals surface area contributed by atoms with E-state index < -0.39 is 0 Å². The van der Waals surface area contributed by atoms with Crippen molar-refractivity contribution < 1.29 is 9.53 Å². The van der Waals surface area contributed by atoms with E-state index in [1.807, 2.05) is 20.0 Å². The number of carbonyl (C=O) groups excluding carboxylic acids is 1. The summed E-state index contributed by atoms with van der Waals surface area (Å²) in [6, 6.07) is 1.84. The van der Waals surface area contributed by atoms with Crippen molar-refractivity contribution in [2.24, 2.45) is 0 Å². The van der Waals surface area contributed by atoms with Gasteiger partial charge in [-0.3, -0.25) is 4.79 Å². The van der Waals surface area contributed by atoms with Crippen LogP contribution in [0.5, 0.6) is 0 Å². The van der Waals surface area contributed by atoms with Crippen LogP contribution in [0.25, 0.3) is 0 Å². The first kappa shape index (κ1) is 13.1. The predicted octanol–water partition coefficient (Wildman–Crippen LogP) is 2.35. The second-order valence-electron chi connectivity index (χ2n) is 5.02. The van der Waals surface area contributed by atoms with Crippen molar-refractivity contribution in [1.82, 2.24) is 9.88 Å². The van der Waals surface area contributed by atoms with Gasteiger partial charge in [-0.25, -0.2) is 0 Å². The lowest BCUT2D eigenvalue weighted by Gasteiger charge is -2.25. The summed E-state index contributed by atoms with van der Waals surface area (Å²) >= 11 is 0. The first-order chi connectivity index (χ1) is 8.68. The van der Waals surface area contributed by atoms with Crippen LogP contribution in [0, 0.1) is 6.92 Å². The molecule has 1 aliphatic heterocycles. The number of amides is 1. The molecule has 0 aromatic carbocycles. The number of nitrogens with one attached hydrogen (secondary N) is 1. The number of aromatic nitrogens is 1. The average Bonchev–Trinajstić information content (AvgIpc) is 2.82. The molecule has 2 heterocycles. The van der Waals surface area contributed by atoms with Crippen LogP contribution in [0.4, 0.5) is 0 Å². The zero-order valence-corrected chi connectivity index (χ0v) is 11.2. The molecule has 1 N–H and O–H groups in total. The fourth-order valence-electron chi connectivity index (χ4n) is 2.36. The third-order valence-electron chi connectivity index (χ3n) is 3.59. The van der Waals surface area contributed by atoms with E-state index in [-0.39, 0.29) is 5.91 Å². The Balaban J connectivity index is 1.82. The summed E-state index contributed by atoms with van der Waals surface area (Å²) in [4.78, 5) is 17.0. The highest BCUT2D eigenvalue weighted by Crippen LogP contribution is 2.16. The monoisotopic (exact) mass is 250 g/mol. The van der Waals surface area contributed by atoms with Gasteiger partial charge in [0.2, 0.25) is 0 Å². The second kappa shape index (κ2) is 6.05. The smallest absolute Gasteiger partial charge is 0.255 e. The lowest BCUT2D eigenvalue weighted by Crippen LogP contribution is -2.31. The summed E-state index contributed by atoms with van der Waals surface area (Å²) in [6.45, 7) is 3.55. The summed E-state index contributed by atoms with van der Waals surface area (Å²) in [5.41, 5.74) is 1.70. The Hall–Kier alpha value is -1.29. The van der Waals surface area contributed by atoms with Crippen molar-refractivity contribution in [2.75, 3.05) is 20.2 Å². The molecule has 0 aliphatic carbocycles. The maximum atomic E-state index is 12.2. The van der Waals surface area contributed by atoms with E-state index in [0.29, 0.717) is 6.10 Å².